The fourth-order valence-corrected chi connectivity index (χ4v) is 3.69. The highest BCUT2D eigenvalue weighted by Gasteiger charge is 2.18. The highest BCUT2D eigenvalue weighted by atomic mass is 32.1. The molecular formula is C17H18N4O3S. The monoisotopic (exact) mass is 358 g/mol. The molecule has 0 radical (unpaired) electrons. The Balaban J connectivity index is 1.70. The molecule has 25 heavy (non-hydrogen) atoms. The Hall–Kier alpha value is -2.45. The van der Waals surface area contributed by atoms with Crippen LogP contribution in [0.15, 0.2) is 24.4 Å². The van der Waals surface area contributed by atoms with Gasteiger partial charge in [-0.3, -0.25) is 0 Å². The Morgan fingerprint density at radius 3 is 2.68 bits per heavy atom. The minimum atomic E-state index is 0.618. The molecule has 0 bridgehead atoms. The summed E-state index contributed by atoms with van der Waals surface area (Å²) in [4.78, 5) is 11.4. The van der Waals surface area contributed by atoms with E-state index >= 15 is 0 Å². The molecule has 1 fully saturated rings. The van der Waals surface area contributed by atoms with Crippen LogP contribution in [0.2, 0.25) is 0 Å². The van der Waals surface area contributed by atoms with E-state index in [0.717, 1.165) is 42.3 Å². The highest BCUT2D eigenvalue weighted by Crippen LogP contribution is 2.34. The molecule has 4 rings (SSSR count). The lowest BCUT2D eigenvalue weighted by Gasteiger charge is -2.27. The van der Waals surface area contributed by atoms with Crippen molar-refractivity contribution >= 4 is 27.6 Å². The Labute approximate surface area is 149 Å². The minimum absolute atomic E-state index is 0.618. The normalized spacial score (nSPS) is 14.7. The average molecular weight is 358 g/mol. The van der Waals surface area contributed by atoms with Crippen LogP contribution in [0.1, 0.15) is 0 Å². The number of methoxy groups -OCH3 is 2. The van der Waals surface area contributed by atoms with Crippen molar-refractivity contribution in [1.29, 1.82) is 0 Å². The maximum atomic E-state index is 5.42. The van der Waals surface area contributed by atoms with Gasteiger partial charge in [0.05, 0.1) is 32.8 Å². The molecule has 130 valence electrons. The van der Waals surface area contributed by atoms with Crippen molar-refractivity contribution in [3.63, 3.8) is 0 Å². The maximum absolute atomic E-state index is 5.42. The Morgan fingerprint density at radius 1 is 1.12 bits per heavy atom. The predicted octanol–water partition coefficient (Wildman–Crippen LogP) is 2.61. The van der Waals surface area contributed by atoms with Gasteiger partial charge in [-0.2, -0.15) is 4.37 Å². The average Bonchev–Trinajstić information content (AvgIpc) is 3.11. The molecule has 1 aliphatic rings. The molecular weight excluding hydrogens is 340 g/mol. The van der Waals surface area contributed by atoms with Crippen molar-refractivity contribution in [3.8, 4) is 22.9 Å². The van der Waals surface area contributed by atoms with Crippen LogP contribution in [0.3, 0.4) is 0 Å². The van der Waals surface area contributed by atoms with E-state index < -0.39 is 0 Å². The largest absolute Gasteiger partial charge is 0.493 e. The van der Waals surface area contributed by atoms with E-state index in [1.807, 2.05) is 24.4 Å². The lowest BCUT2D eigenvalue weighted by Crippen LogP contribution is -2.35. The first-order valence-electron chi connectivity index (χ1n) is 7.97. The third-order valence-corrected chi connectivity index (χ3v) is 5.07. The standard InChI is InChI=1S/C17H18N4O3S/c1-22-13-4-3-11(9-14(13)23-2)15-18-10-12-16(19-15)20-25-17(12)21-5-7-24-8-6-21/h3-4,9-10H,5-8H2,1-2H3. The van der Waals surface area contributed by atoms with Gasteiger partial charge in [0, 0.05) is 24.8 Å². The van der Waals surface area contributed by atoms with Crippen LogP contribution in [0.25, 0.3) is 22.4 Å². The summed E-state index contributed by atoms with van der Waals surface area (Å²) in [6.45, 7) is 3.22. The lowest BCUT2D eigenvalue weighted by atomic mass is 10.2. The fraction of sp³-hybridized carbons (Fsp3) is 0.353. The van der Waals surface area contributed by atoms with Gasteiger partial charge in [-0.25, -0.2) is 9.97 Å². The lowest BCUT2D eigenvalue weighted by molar-refractivity contribution is 0.123. The van der Waals surface area contributed by atoms with Gasteiger partial charge in [-0.15, -0.1) is 0 Å². The van der Waals surface area contributed by atoms with Gasteiger partial charge in [0.15, 0.2) is 23.0 Å². The van der Waals surface area contributed by atoms with E-state index in [-0.39, 0.29) is 0 Å². The van der Waals surface area contributed by atoms with Crippen molar-refractivity contribution in [3.05, 3.63) is 24.4 Å². The second-order valence-electron chi connectivity index (χ2n) is 5.59. The number of fused-ring (bicyclic) bond motifs is 1. The van der Waals surface area contributed by atoms with Gasteiger partial charge >= 0.3 is 0 Å². The van der Waals surface area contributed by atoms with Gasteiger partial charge in [0.25, 0.3) is 0 Å². The molecule has 3 heterocycles. The summed E-state index contributed by atoms with van der Waals surface area (Å²) in [5.74, 6) is 1.94. The van der Waals surface area contributed by atoms with Crippen molar-refractivity contribution < 1.29 is 14.2 Å². The van der Waals surface area contributed by atoms with Crippen LogP contribution >= 0.6 is 11.5 Å². The molecule has 1 saturated heterocycles. The summed E-state index contributed by atoms with van der Waals surface area (Å²) < 4.78 is 20.6. The minimum Gasteiger partial charge on any atom is -0.493 e. The summed E-state index contributed by atoms with van der Waals surface area (Å²) in [5, 5.41) is 2.09. The number of hydrogen-bond donors (Lipinski definition) is 0. The second-order valence-corrected chi connectivity index (χ2v) is 6.34. The summed E-state index contributed by atoms with van der Waals surface area (Å²) >= 11 is 1.46. The van der Waals surface area contributed by atoms with Crippen molar-refractivity contribution in [2.75, 3.05) is 45.4 Å². The van der Waals surface area contributed by atoms with Crippen LogP contribution in [-0.4, -0.2) is 54.9 Å². The number of morpholine rings is 1. The van der Waals surface area contributed by atoms with Crippen LogP contribution in [0.4, 0.5) is 5.00 Å². The Bertz CT molecular complexity index is 893. The summed E-state index contributed by atoms with van der Waals surface area (Å²) in [6.07, 6.45) is 1.85. The number of rotatable bonds is 4. The number of benzene rings is 1. The smallest absolute Gasteiger partial charge is 0.178 e. The zero-order valence-electron chi connectivity index (χ0n) is 14.1. The number of ether oxygens (including phenoxy) is 3. The van der Waals surface area contributed by atoms with Crippen LogP contribution in [-0.2, 0) is 4.74 Å². The molecule has 0 spiro atoms. The third-order valence-electron chi connectivity index (χ3n) is 4.16. The van der Waals surface area contributed by atoms with E-state index in [1.165, 1.54) is 11.5 Å². The molecule has 7 nitrogen and oxygen atoms in total. The third kappa shape index (κ3) is 2.98. The van der Waals surface area contributed by atoms with Gasteiger partial charge in [0.2, 0.25) is 0 Å². The first kappa shape index (κ1) is 16.0. The van der Waals surface area contributed by atoms with Crippen LogP contribution < -0.4 is 14.4 Å². The SMILES string of the molecule is COc1ccc(-c2ncc3c(N4CCOCC4)snc3n2)cc1OC. The summed E-state index contributed by atoms with van der Waals surface area (Å²) in [7, 11) is 3.23. The van der Waals surface area contributed by atoms with Gasteiger partial charge < -0.3 is 19.1 Å². The van der Waals surface area contributed by atoms with Crippen molar-refractivity contribution in [2.24, 2.45) is 0 Å². The van der Waals surface area contributed by atoms with Gasteiger partial charge in [0.1, 0.15) is 5.00 Å². The quantitative estimate of drug-likeness (QED) is 0.710. The molecule has 0 atom stereocenters. The first-order valence-corrected chi connectivity index (χ1v) is 8.75. The molecule has 8 heteroatoms. The van der Waals surface area contributed by atoms with Crippen LogP contribution in [0.5, 0.6) is 11.5 Å². The molecule has 0 unspecified atom stereocenters. The number of nitrogens with zero attached hydrogens (tertiary/aromatic N) is 4. The molecule has 2 aromatic heterocycles. The van der Waals surface area contributed by atoms with Crippen LogP contribution in [0, 0.1) is 0 Å². The highest BCUT2D eigenvalue weighted by molar-refractivity contribution is 7.11. The second kappa shape index (κ2) is 6.81. The molecule has 0 amide bonds. The van der Waals surface area contributed by atoms with Gasteiger partial charge in [-0.1, -0.05) is 0 Å². The van der Waals surface area contributed by atoms with E-state index in [0.29, 0.717) is 23.0 Å². The van der Waals surface area contributed by atoms with Crippen molar-refractivity contribution in [2.45, 2.75) is 0 Å². The van der Waals surface area contributed by atoms with E-state index in [1.54, 1.807) is 14.2 Å². The van der Waals surface area contributed by atoms with E-state index in [9.17, 15) is 0 Å². The Kier molecular flexibility index (Phi) is 4.37. The molecule has 3 aromatic rings. The number of aromatic nitrogens is 3. The Morgan fingerprint density at radius 2 is 1.92 bits per heavy atom. The summed E-state index contributed by atoms with van der Waals surface area (Å²) in [5.41, 5.74) is 1.58. The molecule has 1 aromatic carbocycles. The van der Waals surface area contributed by atoms with Gasteiger partial charge in [-0.05, 0) is 29.7 Å². The molecule has 0 aliphatic carbocycles. The topological polar surface area (TPSA) is 69.6 Å². The molecule has 1 aliphatic heterocycles. The zero-order valence-corrected chi connectivity index (χ0v) is 14.9. The summed E-state index contributed by atoms with van der Waals surface area (Å²) in [6, 6.07) is 5.63. The number of anilines is 1. The zero-order chi connectivity index (χ0) is 17.2. The maximum Gasteiger partial charge on any atom is 0.178 e. The van der Waals surface area contributed by atoms with Crippen molar-refractivity contribution in [1.82, 2.24) is 14.3 Å². The fourth-order valence-electron chi connectivity index (χ4n) is 2.84. The molecule has 0 saturated carbocycles. The molecule has 0 N–H and O–H groups in total. The first-order chi connectivity index (χ1) is 12.3. The predicted molar refractivity (Wildman–Crippen MR) is 96.8 cm³/mol. The number of hydrogen-bond acceptors (Lipinski definition) is 8. The van der Waals surface area contributed by atoms with E-state index in [2.05, 4.69) is 19.2 Å². The van der Waals surface area contributed by atoms with E-state index in [4.69, 9.17) is 14.2 Å².